The third-order valence-corrected chi connectivity index (χ3v) is 3.05. The van der Waals surface area contributed by atoms with Gasteiger partial charge >= 0.3 is 12.1 Å². The minimum atomic E-state index is -4.69. The number of rotatable bonds is 5. The number of halogens is 3. The Bertz CT molecular complexity index is 412. The summed E-state index contributed by atoms with van der Waals surface area (Å²) in [7, 11) is 0. The Morgan fingerprint density at radius 2 is 1.90 bits per heavy atom. The van der Waals surface area contributed by atoms with E-state index in [0.29, 0.717) is 19.4 Å². The lowest BCUT2D eigenvalue weighted by atomic mass is 10.2. The van der Waals surface area contributed by atoms with Crippen molar-refractivity contribution < 1.29 is 32.7 Å². The van der Waals surface area contributed by atoms with E-state index in [9.17, 15) is 27.6 Å². The number of nitrogens with zero attached hydrogens (tertiary/aromatic N) is 2. The molecule has 6 nitrogen and oxygen atoms in total. The van der Waals surface area contributed by atoms with Gasteiger partial charge in [0.15, 0.2) is 0 Å². The molecule has 1 aliphatic heterocycles. The van der Waals surface area contributed by atoms with Crippen LogP contribution >= 0.6 is 0 Å². The molecule has 0 aromatic carbocycles. The number of carboxylic acid groups (broad SMARTS) is 1. The molecular formula is C12H17F3N2O4. The van der Waals surface area contributed by atoms with Crippen molar-refractivity contribution in [2.24, 2.45) is 0 Å². The summed E-state index contributed by atoms with van der Waals surface area (Å²) in [5, 5.41) is 8.59. The zero-order valence-corrected chi connectivity index (χ0v) is 11.4. The maximum atomic E-state index is 12.4. The minimum absolute atomic E-state index is 0.209. The second-order valence-corrected chi connectivity index (χ2v) is 4.88. The molecule has 0 atom stereocenters. The summed E-state index contributed by atoms with van der Waals surface area (Å²) in [5.74, 6) is -2.83. The molecule has 1 rings (SSSR count). The molecule has 0 aliphatic carbocycles. The average molecular weight is 310 g/mol. The van der Waals surface area contributed by atoms with Crippen molar-refractivity contribution in [3.8, 4) is 0 Å². The summed E-state index contributed by atoms with van der Waals surface area (Å²) >= 11 is 0. The largest absolute Gasteiger partial charge is 0.480 e. The lowest BCUT2D eigenvalue weighted by Crippen LogP contribution is -2.47. The molecule has 1 heterocycles. The number of aliphatic carboxylic acids is 1. The molecule has 0 spiro atoms. The first-order valence-electron chi connectivity index (χ1n) is 6.53. The molecule has 0 saturated carbocycles. The lowest BCUT2D eigenvalue weighted by molar-refractivity contribution is -0.166. The van der Waals surface area contributed by atoms with E-state index < -0.39 is 37.7 Å². The fourth-order valence-electron chi connectivity index (χ4n) is 2.08. The van der Waals surface area contributed by atoms with E-state index in [1.165, 1.54) is 4.90 Å². The zero-order chi connectivity index (χ0) is 16.0. The number of carbonyl (C=O) groups is 3. The van der Waals surface area contributed by atoms with Crippen molar-refractivity contribution in [2.75, 3.05) is 26.2 Å². The van der Waals surface area contributed by atoms with Gasteiger partial charge in [0.2, 0.25) is 11.8 Å². The highest BCUT2D eigenvalue weighted by Crippen LogP contribution is 2.17. The number of amides is 2. The van der Waals surface area contributed by atoms with Gasteiger partial charge in [-0.05, 0) is 12.8 Å². The quantitative estimate of drug-likeness (QED) is 0.817. The van der Waals surface area contributed by atoms with Crippen molar-refractivity contribution in [1.29, 1.82) is 0 Å². The summed E-state index contributed by atoms with van der Waals surface area (Å²) in [4.78, 5) is 35.5. The van der Waals surface area contributed by atoms with E-state index in [1.54, 1.807) is 0 Å². The third kappa shape index (κ3) is 6.46. The van der Waals surface area contributed by atoms with E-state index in [-0.39, 0.29) is 17.2 Å². The smallest absolute Gasteiger partial charge is 0.406 e. The van der Waals surface area contributed by atoms with Gasteiger partial charge in [-0.1, -0.05) is 6.42 Å². The van der Waals surface area contributed by atoms with Crippen LogP contribution in [0.4, 0.5) is 13.2 Å². The summed E-state index contributed by atoms with van der Waals surface area (Å²) in [6.45, 7) is -2.89. The van der Waals surface area contributed by atoms with Crippen molar-refractivity contribution in [3.05, 3.63) is 0 Å². The fourth-order valence-corrected chi connectivity index (χ4v) is 2.08. The van der Waals surface area contributed by atoms with E-state index in [2.05, 4.69) is 0 Å². The van der Waals surface area contributed by atoms with E-state index >= 15 is 0 Å². The van der Waals surface area contributed by atoms with Crippen LogP contribution in [-0.2, 0) is 14.4 Å². The summed E-state index contributed by atoms with van der Waals surface area (Å²) in [6.07, 6.45) is -2.25. The average Bonchev–Trinajstić information content (AvgIpc) is 2.52. The van der Waals surface area contributed by atoms with E-state index in [0.717, 1.165) is 6.42 Å². The zero-order valence-electron chi connectivity index (χ0n) is 11.4. The molecule has 0 unspecified atom stereocenters. The van der Waals surface area contributed by atoms with Gasteiger partial charge < -0.3 is 14.9 Å². The number of alkyl halides is 3. The number of carboxylic acids is 1. The van der Waals surface area contributed by atoms with Gasteiger partial charge in [-0.25, -0.2) is 0 Å². The monoisotopic (exact) mass is 310 g/mol. The fraction of sp³-hybridized carbons (Fsp3) is 0.750. The number of likely N-dealkylation sites (tertiary alicyclic amines) is 1. The SMILES string of the molecule is O=C(O)CN(CC(F)(F)F)C(=O)CN1CCCCCC1=O. The maximum Gasteiger partial charge on any atom is 0.406 e. The molecule has 0 bridgehead atoms. The summed E-state index contributed by atoms with van der Waals surface area (Å²) < 4.78 is 37.1. The molecule has 21 heavy (non-hydrogen) atoms. The second-order valence-electron chi connectivity index (χ2n) is 4.88. The van der Waals surface area contributed by atoms with Crippen LogP contribution in [0.2, 0.25) is 0 Å². The van der Waals surface area contributed by atoms with Crippen LogP contribution < -0.4 is 0 Å². The highest BCUT2D eigenvalue weighted by atomic mass is 19.4. The van der Waals surface area contributed by atoms with Crippen LogP contribution in [0.15, 0.2) is 0 Å². The molecule has 0 aromatic heterocycles. The predicted molar refractivity (Wildman–Crippen MR) is 65.3 cm³/mol. The van der Waals surface area contributed by atoms with Gasteiger partial charge in [0.1, 0.15) is 13.1 Å². The van der Waals surface area contributed by atoms with E-state index in [4.69, 9.17) is 5.11 Å². The Morgan fingerprint density at radius 3 is 2.48 bits per heavy atom. The van der Waals surface area contributed by atoms with Gasteiger partial charge in [-0.15, -0.1) is 0 Å². The molecule has 120 valence electrons. The standard InChI is InChI=1S/C12H17F3N2O4/c13-12(14,15)8-17(7-11(20)21)10(19)6-16-5-3-1-2-4-9(16)18/h1-8H2,(H,20,21). The summed E-state index contributed by atoms with van der Waals surface area (Å²) in [5.41, 5.74) is 0. The Hall–Kier alpha value is -1.80. The van der Waals surface area contributed by atoms with Gasteiger partial charge in [-0.3, -0.25) is 14.4 Å². The topological polar surface area (TPSA) is 77.9 Å². The first-order valence-corrected chi connectivity index (χ1v) is 6.53. The van der Waals surface area contributed by atoms with Crippen molar-refractivity contribution in [1.82, 2.24) is 9.80 Å². The van der Waals surface area contributed by atoms with Gasteiger partial charge in [0, 0.05) is 13.0 Å². The maximum absolute atomic E-state index is 12.4. The van der Waals surface area contributed by atoms with Crippen molar-refractivity contribution in [2.45, 2.75) is 31.9 Å². The van der Waals surface area contributed by atoms with Gasteiger partial charge in [0.05, 0.1) is 6.54 Å². The number of hydrogen-bond donors (Lipinski definition) is 1. The predicted octanol–water partition coefficient (Wildman–Crippen LogP) is 0.865. The van der Waals surface area contributed by atoms with E-state index in [1.807, 2.05) is 0 Å². The molecule has 1 fully saturated rings. The summed E-state index contributed by atoms with van der Waals surface area (Å²) in [6, 6.07) is 0. The Labute approximate surface area is 119 Å². The molecule has 0 aromatic rings. The molecule has 2 amide bonds. The molecule has 1 saturated heterocycles. The van der Waals surface area contributed by atoms with Crippen LogP contribution in [0.1, 0.15) is 25.7 Å². The van der Waals surface area contributed by atoms with Crippen LogP contribution in [0, 0.1) is 0 Å². The van der Waals surface area contributed by atoms with Crippen LogP contribution in [0.25, 0.3) is 0 Å². The lowest BCUT2D eigenvalue weighted by Gasteiger charge is -2.26. The Balaban J connectivity index is 2.70. The molecule has 0 radical (unpaired) electrons. The Kier molecular flexibility index (Phi) is 5.98. The van der Waals surface area contributed by atoms with Crippen LogP contribution in [-0.4, -0.2) is 65.0 Å². The molecular weight excluding hydrogens is 293 g/mol. The normalized spacial score (nSPS) is 16.5. The molecule has 1 N–H and O–H groups in total. The van der Waals surface area contributed by atoms with Crippen LogP contribution in [0.5, 0.6) is 0 Å². The van der Waals surface area contributed by atoms with Crippen molar-refractivity contribution >= 4 is 17.8 Å². The number of carbonyl (C=O) groups excluding carboxylic acids is 2. The third-order valence-electron chi connectivity index (χ3n) is 3.05. The van der Waals surface area contributed by atoms with Gasteiger partial charge in [0.25, 0.3) is 0 Å². The van der Waals surface area contributed by atoms with Crippen molar-refractivity contribution in [3.63, 3.8) is 0 Å². The Morgan fingerprint density at radius 1 is 1.24 bits per heavy atom. The number of hydrogen-bond acceptors (Lipinski definition) is 3. The first-order chi connectivity index (χ1) is 9.69. The highest BCUT2D eigenvalue weighted by molar-refractivity contribution is 5.87. The first kappa shape index (κ1) is 17.3. The minimum Gasteiger partial charge on any atom is -0.480 e. The highest BCUT2D eigenvalue weighted by Gasteiger charge is 2.34. The van der Waals surface area contributed by atoms with Gasteiger partial charge in [-0.2, -0.15) is 13.2 Å². The second kappa shape index (κ2) is 7.28. The molecule has 9 heteroatoms. The molecule has 1 aliphatic rings. The van der Waals surface area contributed by atoms with Crippen LogP contribution in [0.3, 0.4) is 0 Å².